The van der Waals surface area contributed by atoms with E-state index in [9.17, 15) is 0 Å². The SMILES string of the molecule is Clc1cccc2[nH]c(C3NCC4CCCC43)nc12. The highest BCUT2D eigenvalue weighted by atomic mass is 35.5. The maximum Gasteiger partial charge on any atom is 0.124 e. The maximum atomic E-state index is 6.19. The topological polar surface area (TPSA) is 40.7 Å². The molecular formula is C14H16ClN3. The summed E-state index contributed by atoms with van der Waals surface area (Å²) in [6.07, 6.45) is 4.07. The number of para-hydroxylation sites is 1. The molecule has 3 atom stereocenters. The molecule has 3 unspecified atom stereocenters. The van der Waals surface area contributed by atoms with Gasteiger partial charge in [0.25, 0.3) is 0 Å². The Hall–Kier alpha value is -1.06. The molecule has 2 heterocycles. The van der Waals surface area contributed by atoms with Gasteiger partial charge in [0.15, 0.2) is 0 Å². The number of halogens is 1. The Labute approximate surface area is 111 Å². The highest BCUT2D eigenvalue weighted by Gasteiger charge is 2.40. The van der Waals surface area contributed by atoms with Crippen LogP contribution in [0.3, 0.4) is 0 Å². The number of nitrogens with one attached hydrogen (secondary N) is 2. The van der Waals surface area contributed by atoms with E-state index in [2.05, 4.69) is 10.3 Å². The minimum atomic E-state index is 0.390. The number of hydrogen-bond donors (Lipinski definition) is 2. The van der Waals surface area contributed by atoms with Gasteiger partial charge in [-0.1, -0.05) is 24.1 Å². The standard InChI is InChI=1S/C14H16ClN3/c15-10-5-2-6-11-13(10)18-14(17-11)12-9-4-1-3-8(9)7-16-12/h2,5-6,8-9,12,16H,1,3-4,7H2,(H,17,18). The minimum absolute atomic E-state index is 0.390. The van der Waals surface area contributed by atoms with Crippen LogP contribution < -0.4 is 5.32 Å². The molecule has 1 aliphatic heterocycles. The Kier molecular flexibility index (Phi) is 2.39. The fourth-order valence-corrected chi connectivity index (χ4v) is 3.87. The van der Waals surface area contributed by atoms with Crippen LogP contribution in [0.25, 0.3) is 11.0 Å². The lowest BCUT2D eigenvalue weighted by atomic mass is 9.94. The molecule has 1 aromatic heterocycles. The highest BCUT2D eigenvalue weighted by Crippen LogP contribution is 2.44. The molecule has 0 bridgehead atoms. The first-order valence-electron chi connectivity index (χ1n) is 6.70. The van der Waals surface area contributed by atoms with Crippen LogP contribution in [0.15, 0.2) is 18.2 Å². The molecule has 4 heteroatoms. The third-order valence-corrected chi connectivity index (χ3v) is 4.83. The first-order chi connectivity index (χ1) is 8.83. The molecule has 94 valence electrons. The summed E-state index contributed by atoms with van der Waals surface area (Å²) in [5, 5.41) is 4.35. The van der Waals surface area contributed by atoms with Gasteiger partial charge in [-0.3, -0.25) is 0 Å². The van der Waals surface area contributed by atoms with E-state index in [0.29, 0.717) is 6.04 Å². The zero-order valence-electron chi connectivity index (χ0n) is 10.1. The third kappa shape index (κ3) is 1.50. The molecule has 4 rings (SSSR count). The summed E-state index contributed by atoms with van der Waals surface area (Å²) in [5.74, 6) is 2.66. The lowest BCUT2D eigenvalue weighted by molar-refractivity contribution is 0.410. The van der Waals surface area contributed by atoms with Gasteiger partial charge >= 0.3 is 0 Å². The van der Waals surface area contributed by atoms with E-state index in [1.54, 1.807) is 0 Å². The summed E-state index contributed by atoms with van der Waals surface area (Å²) in [5.41, 5.74) is 1.94. The molecule has 18 heavy (non-hydrogen) atoms. The van der Waals surface area contributed by atoms with Gasteiger partial charge < -0.3 is 10.3 Å². The Morgan fingerprint density at radius 1 is 1.28 bits per heavy atom. The fraction of sp³-hybridized carbons (Fsp3) is 0.500. The Morgan fingerprint density at radius 3 is 3.11 bits per heavy atom. The van der Waals surface area contributed by atoms with Gasteiger partial charge in [0.1, 0.15) is 11.3 Å². The predicted molar refractivity (Wildman–Crippen MR) is 72.7 cm³/mol. The van der Waals surface area contributed by atoms with Crippen molar-refractivity contribution >= 4 is 22.6 Å². The lowest BCUT2D eigenvalue weighted by Crippen LogP contribution is -2.19. The first kappa shape index (κ1) is 10.8. The van der Waals surface area contributed by atoms with Crippen molar-refractivity contribution in [3.05, 3.63) is 29.0 Å². The predicted octanol–water partition coefficient (Wildman–Crippen LogP) is 3.28. The average Bonchev–Trinajstić information content (AvgIpc) is 3.02. The van der Waals surface area contributed by atoms with E-state index in [0.717, 1.165) is 40.3 Å². The molecule has 2 N–H and O–H groups in total. The number of rotatable bonds is 1. The van der Waals surface area contributed by atoms with Crippen molar-refractivity contribution in [2.45, 2.75) is 25.3 Å². The van der Waals surface area contributed by atoms with Crippen LogP contribution >= 0.6 is 11.6 Å². The number of hydrogen-bond acceptors (Lipinski definition) is 2. The molecule has 0 radical (unpaired) electrons. The second-order valence-electron chi connectivity index (χ2n) is 5.50. The molecular weight excluding hydrogens is 246 g/mol. The van der Waals surface area contributed by atoms with E-state index in [4.69, 9.17) is 16.6 Å². The summed E-state index contributed by atoms with van der Waals surface area (Å²) >= 11 is 6.19. The average molecular weight is 262 g/mol. The molecule has 1 saturated heterocycles. The van der Waals surface area contributed by atoms with Crippen LogP contribution in [0.5, 0.6) is 0 Å². The Balaban J connectivity index is 1.76. The zero-order chi connectivity index (χ0) is 12.1. The van der Waals surface area contributed by atoms with E-state index >= 15 is 0 Å². The van der Waals surface area contributed by atoms with Crippen LogP contribution in [0.1, 0.15) is 31.1 Å². The van der Waals surface area contributed by atoms with Crippen molar-refractivity contribution in [3.8, 4) is 0 Å². The molecule has 2 aliphatic rings. The molecule has 0 spiro atoms. The van der Waals surface area contributed by atoms with Gasteiger partial charge in [-0.2, -0.15) is 0 Å². The van der Waals surface area contributed by atoms with Gasteiger partial charge in [0, 0.05) is 0 Å². The second-order valence-corrected chi connectivity index (χ2v) is 5.91. The first-order valence-corrected chi connectivity index (χ1v) is 7.08. The number of nitrogens with zero attached hydrogens (tertiary/aromatic N) is 1. The number of imidazole rings is 1. The van der Waals surface area contributed by atoms with E-state index in [1.165, 1.54) is 19.3 Å². The van der Waals surface area contributed by atoms with Crippen molar-refractivity contribution in [2.75, 3.05) is 6.54 Å². The molecule has 3 nitrogen and oxygen atoms in total. The molecule has 2 fully saturated rings. The number of H-pyrrole nitrogens is 1. The summed E-state index contributed by atoms with van der Waals surface area (Å²) in [6.45, 7) is 1.14. The summed E-state index contributed by atoms with van der Waals surface area (Å²) < 4.78 is 0. The van der Waals surface area contributed by atoms with Crippen LogP contribution in [0.2, 0.25) is 5.02 Å². The van der Waals surface area contributed by atoms with Gasteiger partial charge in [0.2, 0.25) is 0 Å². The number of aromatic nitrogens is 2. The van der Waals surface area contributed by atoms with Gasteiger partial charge in [-0.05, 0) is 43.4 Å². The quantitative estimate of drug-likeness (QED) is 0.827. The third-order valence-electron chi connectivity index (χ3n) is 4.52. The Bertz CT molecular complexity index is 592. The van der Waals surface area contributed by atoms with Crippen molar-refractivity contribution < 1.29 is 0 Å². The minimum Gasteiger partial charge on any atom is -0.341 e. The second kappa shape index (κ2) is 3.97. The number of aromatic amines is 1. The van der Waals surface area contributed by atoms with Crippen LogP contribution in [0.4, 0.5) is 0 Å². The van der Waals surface area contributed by atoms with Crippen molar-refractivity contribution in [3.63, 3.8) is 0 Å². The van der Waals surface area contributed by atoms with E-state index in [-0.39, 0.29) is 0 Å². The Morgan fingerprint density at radius 2 is 2.22 bits per heavy atom. The van der Waals surface area contributed by atoms with Gasteiger partial charge in [-0.15, -0.1) is 0 Å². The smallest absolute Gasteiger partial charge is 0.124 e. The zero-order valence-corrected chi connectivity index (χ0v) is 10.9. The van der Waals surface area contributed by atoms with Crippen molar-refractivity contribution in [1.82, 2.24) is 15.3 Å². The van der Waals surface area contributed by atoms with E-state index < -0.39 is 0 Å². The molecule has 2 aromatic rings. The summed E-state index contributed by atoms with van der Waals surface area (Å²) in [4.78, 5) is 8.14. The molecule has 1 aliphatic carbocycles. The van der Waals surface area contributed by atoms with Crippen molar-refractivity contribution in [1.29, 1.82) is 0 Å². The summed E-state index contributed by atoms with van der Waals surface area (Å²) in [7, 11) is 0. The highest BCUT2D eigenvalue weighted by molar-refractivity contribution is 6.34. The van der Waals surface area contributed by atoms with Gasteiger partial charge in [-0.25, -0.2) is 4.98 Å². The van der Waals surface area contributed by atoms with Crippen molar-refractivity contribution in [2.24, 2.45) is 11.8 Å². The fourth-order valence-electron chi connectivity index (χ4n) is 3.65. The number of benzene rings is 1. The monoisotopic (exact) mass is 261 g/mol. The molecule has 1 aromatic carbocycles. The van der Waals surface area contributed by atoms with E-state index in [1.807, 2.05) is 18.2 Å². The van der Waals surface area contributed by atoms with Crippen LogP contribution in [-0.2, 0) is 0 Å². The maximum absolute atomic E-state index is 6.19. The molecule has 0 amide bonds. The van der Waals surface area contributed by atoms with Gasteiger partial charge in [0.05, 0.1) is 16.6 Å². The molecule has 1 saturated carbocycles. The largest absolute Gasteiger partial charge is 0.341 e. The lowest BCUT2D eigenvalue weighted by Gasteiger charge is -2.15. The summed E-state index contributed by atoms with van der Waals surface area (Å²) in [6, 6.07) is 6.29. The number of fused-ring (bicyclic) bond motifs is 2. The van der Waals surface area contributed by atoms with Crippen LogP contribution in [-0.4, -0.2) is 16.5 Å². The normalized spacial score (nSPS) is 31.1. The van der Waals surface area contributed by atoms with Crippen LogP contribution in [0, 0.1) is 11.8 Å².